The van der Waals surface area contributed by atoms with Crippen LogP contribution in [0.5, 0.6) is 0 Å². The molecule has 2 aromatic rings. The lowest BCUT2D eigenvalue weighted by Crippen LogP contribution is -2.33. The van der Waals surface area contributed by atoms with Gasteiger partial charge in [-0.3, -0.25) is 4.79 Å². The molecule has 20 heavy (non-hydrogen) atoms. The lowest BCUT2D eigenvalue weighted by molar-refractivity contribution is -0.139. The Morgan fingerprint density at radius 3 is 2.15 bits per heavy atom. The monoisotopic (exact) mass is 273 g/mol. The third-order valence-corrected chi connectivity index (χ3v) is 2.76. The van der Waals surface area contributed by atoms with E-state index in [1.165, 1.54) is 12.1 Å². The molecule has 0 aliphatic rings. The van der Waals surface area contributed by atoms with Crippen molar-refractivity contribution in [1.82, 2.24) is 5.32 Å². The molecular formula is C15H12FNO3. The zero-order chi connectivity index (χ0) is 14.5. The summed E-state index contributed by atoms with van der Waals surface area (Å²) in [4.78, 5) is 23.2. The van der Waals surface area contributed by atoms with Gasteiger partial charge in [0.15, 0.2) is 6.04 Å². The Kier molecular flexibility index (Phi) is 4.10. The summed E-state index contributed by atoms with van der Waals surface area (Å²) in [6.45, 7) is 0. The van der Waals surface area contributed by atoms with Gasteiger partial charge in [0.2, 0.25) is 0 Å². The smallest absolute Gasteiger partial charge is 0.330 e. The Hall–Kier alpha value is -2.69. The second-order valence-corrected chi connectivity index (χ2v) is 4.16. The number of carboxylic acids is 1. The van der Waals surface area contributed by atoms with E-state index in [0.29, 0.717) is 5.56 Å². The molecule has 0 aliphatic heterocycles. The van der Waals surface area contributed by atoms with E-state index in [2.05, 4.69) is 5.32 Å². The summed E-state index contributed by atoms with van der Waals surface area (Å²) in [5, 5.41) is 11.6. The van der Waals surface area contributed by atoms with Crippen LogP contribution in [0.3, 0.4) is 0 Å². The Bertz CT molecular complexity index is 611. The number of hydrogen-bond donors (Lipinski definition) is 2. The van der Waals surface area contributed by atoms with Gasteiger partial charge in [-0.25, -0.2) is 9.18 Å². The predicted octanol–water partition coefficient (Wildman–Crippen LogP) is 2.38. The summed E-state index contributed by atoms with van der Waals surface area (Å²) < 4.78 is 12.8. The van der Waals surface area contributed by atoms with Gasteiger partial charge in [0, 0.05) is 5.56 Å². The maximum atomic E-state index is 12.8. The second kappa shape index (κ2) is 5.97. The van der Waals surface area contributed by atoms with Gasteiger partial charge in [-0.05, 0) is 29.8 Å². The molecule has 2 N–H and O–H groups in total. The second-order valence-electron chi connectivity index (χ2n) is 4.16. The molecule has 2 rings (SSSR count). The number of carbonyl (C=O) groups excluding carboxylic acids is 1. The summed E-state index contributed by atoms with van der Waals surface area (Å²) in [5.41, 5.74) is 0.670. The lowest BCUT2D eigenvalue weighted by atomic mass is 10.1. The molecule has 0 fully saturated rings. The van der Waals surface area contributed by atoms with Gasteiger partial charge in [0.1, 0.15) is 5.82 Å². The van der Waals surface area contributed by atoms with Gasteiger partial charge in [-0.2, -0.15) is 0 Å². The number of carbonyl (C=O) groups is 2. The third kappa shape index (κ3) is 3.20. The van der Waals surface area contributed by atoms with Crippen molar-refractivity contribution in [2.75, 3.05) is 0 Å². The number of nitrogens with one attached hydrogen (secondary N) is 1. The van der Waals surface area contributed by atoms with Crippen molar-refractivity contribution in [3.63, 3.8) is 0 Å². The van der Waals surface area contributed by atoms with Crippen LogP contribution in [0.1, 0.15) is 22.0 Å². The first-order valence-electron chi connectivity index (χ1n) is 5.92. The highest BCUT2D eigenvalue weighted by atomic mass is 19.1. The molecular weight excluding hydrogens is 261 g/mol. The largest absolute Gasteiger partial charge is 0.479 e. The zero-order valence-corrected chi connectivity index (χ0v) is 10.4. The maximum absolute atomic E-state index is 12.8. The van der Waals surface area contributed by atoms with Crippen LogP contribution < -0.4 is 5.32 Å². The van der Waals surface area contributed by atoms with Crippen molar-refractivity contribution in [1.29, 1.82) is 0 Å². The molecule has 0 bridgehead atoms. The van der Waals surface area contributed by atoms with E-state index in [9.17, 15) is 19.1 Å². The molecule has 0 spiro atoms. The Morgan fingerprint density at radius 2 is 1.60 bits per heavy atom. The van der Waals surface area contributed by atoms with Crippen LogP contribution in [0.2, 0.25) is 0 Å². The number of carboxylic acid groups (broad SMARTS) is 1. The van der Waals surface area contributed by atoms with Gasteiger partial charge in [-0.1, -0.05) is 30.3 Å². The van der Waals surface area contributed by atoms with Crippen LogP contribution in [0, 0.1) is 5.82 Å². The minimum atomic E-state index is -1.16. The fourth-order valence-corrected chi connectivity index (χ4v) is 1.75. The molecule has 0 saturated heterocycles. The van der Waals surface area contributed by atoms with E-state index in [0.717, 1.165) is 12.1 Å². The maximum Gasteiger partial charge on any atom is 0.330 e. The molecule has 1 unspecified atom stereocenters. The van der Waals surface area contributed by atoms with E-state index in [1.54, 1.807) is 30.3 Å². The molecule has 4 nitrogen and oxygen atoms in total. The number of hydrogen-bond acceptors (Lipinski definition) is 2. The minimum Gasteiger partial charge on any atom is -0.479 e. The van der Waals surface area contributed by atoms with Gasteiger partial charge < -0.3 is 10.4 Å². The third-order valence-electron chi connectivity index (χ3n) is 2.76. The van der Waals surface area contributed by atoms with Gasteiger partial charge >= 0.3 is 5.97 Å². The van der Waals surface area contributed by atoms with E-state index < -0.39 is 23.7 Å². The highest BCUT2D eigenvalue weighted by molar-refractivity contribution is 5.96. The van der Waals surface area contributed by atoms with Gasteiger partial charge in [-0.15, -0.1) is 0 Å². The first-order valence-corrected chi connectivity index (χ1v) is 5.92. The molecule has 5 heteroatoms. The highest BCUT2D eigenvalue weighted by Crippen LogP contribution is 2.14. The molecule has 0 saturated carbocycles. The van der Waals surface area contributed by atoms with Crippen molar-refractivity contribution >= 4 is 11.9 Å². The summed E-state index contributed by atoms with van der Waals surface area (Å²) in [5.74, 6) is -2.19. The molecule has 0 radical (unpaired) electrons. The van der Waals surface area contributed by atoms with Crippen LogP contribution in [0.15, 0.2) is 54.6 Å². The summed E-state index contributed by atoms with van der Waals surface area (Å²) in [6.07, 6.45) is 0. The minimum absolute atomic E-state index is 0.202. The summed E-state index contributed by atoms with van der Waals surface area (Å²) in [6, 6.07) is 12.1. The number of halogens is 1. The topological polar surface area (TPSA) is 66.4 Å². The van der Waals surface area contributed by atoms with Crippen LogP contribution in [0.4, 0.5) is 4.39 Å². The fourth-order valence-electron chi connectivity index (χ4n) is 1.75. The molecule has 1 atom stereocenters. The Labute approximate surface area is 114 Å². The van der Waals surface area contributed by atoms with Crippen LogP contribution in [0.25, 0.3) is 0 Å². The first kappa shape index (κ1) is 13.7. The molecule has 0 aliphatic carbocycles. The molecule has 0 aromatic heterocycles. The summed E-state index contributed by atoms with van der Waals surface area (Å²) >= 11 is 0. The van der Waals surface area contributed by atoms with Crippen molar-refractivity contribution in [2.24, 2.45) is 0 Å². The van der Waals surface area contributed by atoms with Crippen molar-refractivity contribution in [3.8, 4) is 0 Å². The zero-order valence-electron chi connectivity index (χ0n) is 10.4. The van der Waals surface area contributed by atoms with Crippen molar-refractivity contribution < 1.29 is 19.1 Å². The van der Waals surface area contributed by atoms with Crippen LogP contribution in [-0.2, 0) is 4.79 Å². The quantitative estimate of drug-likeness (QED) is 0.898. The van der Waals surface area contributed by atoms with Gasteiger partial charge in [0.25, 0.3) is 5.91 Å². The SMILES string of the molecule is O=C(NC(C(=O)O)c1ccccc1)c1ccc(F)cc1. The molecule has 0 heterocycles. The highest BCUT2D eigenvalue weighted by Gasteiger charge is 2.22. The van der Waals surface area contributed by atoms with E-state index in [-0.39, 0.29) is 5.56 Å². The van der Waals surface area contributed by atoms with E-state index >= 15 is 0 Å². The van der Waals surface area contributed by atoms with Crippen molar-refractivity contribution in [3.05, 3.63) is 71.5 Å². The fraction of sp³-hybridized carbons (Fsp3) is 0.0667. The average molecular weight is 273 g/mol. The first-order chi connectivity index (χ1) is 9.58. The van der Waals surface area contributed by atoms with Crippen LogP contribution >= 0.6 is 0 Å². The summed E-state index contributed by atoms with van der Waals surface area (Å²) in [7, 11) is 0. The van der Waals surface area contributed by atoms with Gasteiger partial charge in [0.05, 0.1) is 0 Å². The average Bonchev–Trinajstić information content (AvgIpc) is 2.46. The lowest BCUT2D eigenvalue weighted by Gasteiger charge is -2.14. The molecule has 2 aromatic carbocycles. The molecule has 102 valence electrons. The Balaban J connectivity index is 2.19. The van der Waals surface area contributed by atoms with Crippen LogP contribution in [-0.4, -0.2) is 17.0 Å². The number of benzene rings is 2. The standard InChI is InChI=1S/C15H12FNO3/c16-12-8-6-11(7-9-12)14(18)17-13(15(19)20)10-4-2-1-3-5-10/h1-9,13H,(H,17,18)(H,19,20). The van der Waals surface area contributed by atoms with E-state index in [4.69, 9.17) is 0 Å². The van der Waals surface area contributed by atoms with Crippen molar-refractivity contribution in [2.45, 2.75) is 6.04 Å². The Morgan fingerprint density at radius 1 is 1.00 bits per heavy atom. The normalized spacial score (nSPS) is 11.7. The predicted molar refractivity (Wildman–Crippen MR) is 70.7 cm³/mol. The molecule has 1 amide bonds. The van der Waals surface area contributed by atoms with E-state index in [1.807, 2.05) is 0 Å². The number of amides is 1. The number of rotatable bonds is 4. The number of aliphatic carboxylic acids is 1.